The third kappa shape index (κ3) is 9.45. The summed E-state index contributed by atoms with van der Waals surface area (Å²) in [6.07, 6.45) is 9.07. The van der Waals surface area contributed by atoms with Crippen molar-refractivity contribution in [2.24, 2.45) is 0 Å². The van der Waals surface area contributed by atoms with Gasteiger partial charge in [-0.25, -0.2) is 8.42 Å². The summed E-state index contributed by atoms with van der Waals surface area (Å²) in [6, 6.07) is 17.6. The van der Waals surface area contributed by atoms with Crippen molar-refractivity contribution in [1.82, 2.24) is 14.8 Å². The van der Waals surface area contributed by atoms with Crippen LogP contribution in [0.5, 0.6) is 23.0 Å². The van der Waals surface area contributed by atoms with Crippen LogP contribution in [0.4, 0.5) is 0 Å². The molecule has 0 bridgehead atoms. The molecule has 10 nitrogen and oxygen atoms in total. The molecule has 0 spiro atoms. The van der Waals surface area contributed by atoms with E-state index in [9.17, 15) is 13.5 Å². The van der Waals surface area contributed by atoms with Crippen LogP contribution in [0.1, 0.15) is 54.4 Å². The molecule has 3 aliphatic rings. The molecule has 4 aromatic rings. The standard InChI is InChI=1S/C41H48ClN3O7S/c1-28-31(7-6-8-36(28)30-9-10-38-41(19-30)52-34(27-51-38)12-16-45-15-11-33(46)24-45)26-50-40-20-39(32(18-37(40)42)23-44-13-4-3-5-14-44)49-25-29-17-35(22-43-21-29)53(2,47)48/h6-10,17-22,33-34,46H,3-5,11-16,23-27H2,1-2H3/t33-,34?/m1/s1. The predicted molar refractivity (Wildman–Crippen MR) is 205 cm³/mol. The Hall–Kier alpha value is -3.87. The number of halogens is 1. The maximum atomic E-state index is 12.1. The summed E-state index contributed by atoms with van der Waals surface area (Å²) >= 11 is 6.87. The van der Waals surface area contributed by atoms with Crippen molar-refractivity contribution in [2.75, 3.05) is 45.6 Å². The van der Waals surface area contributed by atoms with Crippen LogP contribution in [0.2, 0.25) is 5.02 Å². The van der Waals surface area contributed by atoms with Gasteiger partial charge < -0.3 is 29.0 Å². The van der Waals surface area contributed by atoms with Gasteiger partial charge in [0.2, 0.25) is 0 Å². The molecule has 1 N–H and O–H groups in total. The topological polar surface area (TPSA) is 111 Å². The lowest BCUT2D eigenvalue weighted by molar-refractivity contribution is 0.0757. The fourth-order valence-electron chi connectivity index (χ4n) is 7.28. The highest BCUT2D eigenvalue weighted by Crippen LogP contribution is 2.39. The summed E-state index contributed by atoms with van der Waals surface area (Å²) in [5.74, 6) is 2.63. The molecule has 0 aliphatic carbocycles. The van der Waals surface area contributed by atoms with Crippen molar-refractivity contribution in [3.63, 3.8) is 0 Å². The van der Waals surface area contributed by atoms with E-state index in [2.05, 4.69) is 46.0 Å². The number of fused-ring (bicyclic) bond motifs is 1. The second kappa shape index (κ2) is 16.7. The van der Waals surface area contributed by atoms with E-state index < -0.39 is 9.84 Å². The largest absolute Gasteiger partial charge is 0.488 e. The Morgan fingerprint density at radius 1 is 0.925 bits per heavy atom. The van der Waals surface area contributed by atoms with Crippen LogP contribution in [-0.4, -0.2) is 86.1 Å². The molecule has 1 aromatic heterocycles. The van der Waals surface area contributed by atoms with Crippen molar-refractivity contribution in [3.8, 4) is 34.1 Å². The van der Waals surface area contributed by atoms with Gasteiger partial charge in [-0.1, -0.05) is 42.3 Å². The van der Waals surface area contributed by atoms with Crippen LogP contribution in [0.25, 0.3) is 11.1 Å². The van der Waals surface area contributed by atoms with Gasteiger partial charge in [0.05, 0.1) is 16.0 Å². The summed E-state index contributed by atoms with van der Waals surface area (Å²) < 4.78 is 49.5. The number of aliphatic hydroxyl groups excluding tert-OH is 1. The Labute approximate surface area is 317 Å². The lowest BCUT2D eigenvalue weighted by Crippen LogP contribution is -2.34. The summed E-state index contributed by atoms with van der Waals surface area (Å²) in [6.45, 7) is 8.27. The molecule has 0 radical (unpaired) electrons. The molecule has 2 fully saturated rings. The fraction of sp³-hybridized carbons (Fsp3) is 0.439. The van der Waals surface area contributed by atoms with E-state index in [1.54, 1.807) is 12.3 Å². The molecule has 3 aliphatic heterocycles. The number of rotatable bonds is 13. The van der Waals surface area contributed by atoms with Gasteiger partial charge in [-0.15, -0.1) is 0 Å². The third-order valence-electron chi connectivity index (χ3n) is 10.4. The van der Waals surface area contributed by atoms with Gasteiger partial charge in [0.15, 0.2) is 21.3 Å². The van der Waals surface area contributed by atoms with Crippen LogP contribution < -0.4 is 18.9 Å². The molecule has 2 saturated heterocycles. The van der Waals surface area contributed by atoms with Gasteiger partial charge >= 0.3 is 0 Å². The average molecular weight is 762 g/mol. The van der Waals surface area contributed by atoms with Crippen molar-refractivity contribution >= 4 is 21.4 Å². The molecule has 1 unspecified atom stereocenters. The third-order valence-corrected chi connectivity index (χ3v) is 11.7. The number of nitrogens with zero attached hydrogens (tertiary/aromatic N) is 3. The first-order valence-electron chi connectivity index (χ1n) is 18.5. The number of β-amino-alcohol motifs (C(OH)–C–C–N with tert-alkyl or cyclic N) is 1. The summed E-state index contributed by atoms with van der Waals surface area (Å²) in [7, 11) is -3.40. The highest BCUT2D eigenvalue weighted by molar-refractivity contribution is 7.90. The molecule has 0 amide bonds. The SMILES string of the molecule is Cc1c(COc2cc(OCc3cncc(S(C)(=O)=O)c3)c(CN3CCCCC3)cc2Cl)cccc1-c1ccc2c(c1)OC(CCN1CC[C@@H](O)C1)CO2. The number of sulfone groups is 1. The van der Waals surface area contributed by atoms with Crippen molar-refractivity contribution in [2.45, 2.75) is 75.9 Å². The number of aliphatic hydroxyl groups is 1. The van der Waals surface area contributed by atoms with Crippen molar-refractivity contribution in [3.05, 3.63) is 94.3 Å². The van der Waals surface area contributed by atoms with Gasteiger partial charge in [-0.05, 0) is 85.8 Å². The Bertz CT molecular complexity index is 2020. The predicted octanol–water partition coefficient (Wildman–Crippen LogP) is 6.85. The Morgan fingerprint density at radius 2 is 1.75 bits per heavy atom. The maximum Gasteiger partial charge on any atom is 0.177 e. The minimum absolute atomic E-state index is 0.0458. The zero-order valence-electron chi connectivity index (χ0n) is 30.4. The number of ether oxygens (including phenoxy) is 4. The molecule has 12 heteroatoms. The molecular formula is C41H48ClN3O7S. The van der Waals surface area contributed by atoms with E-state index in [4.69, 9.17) is 30.5 Å². The Kier molecular flexibility index (Phi) is 11.8. The second-order valence-electron chi connectivity index (χ2n) is 14.4. The number of likely N-dealkylation sites (tertiary alicyclic amines) is 2. The molecule has 0 saturated carbocycles. The quantitative estimate of drug-likeness (QED) is 0.155. The monoisotopic (exact) mass is 761 g/mol. The zero-order valence-corrected chi connectivity index (χ0v) is 32.0. The highest BCUT2D eigenvalue weighted by Gasteiger charge is 2.26. The first-order chi connectivity index (χ1) is 25.6. The van der Waals surface area contributed by atoms with Crippen LogP contribution in [0.15, 0.2) is 71.9 Å². The van der Waals surface area contributed by atoms with E-state index in [1.807, 2.05) is 24.3 Å². The van der Waals surface area contributed by atoms with Crippen molar-refractivity contribution in [1.29, 1.82) is 0 Å². The highest BCUT2D eigenvalue weighted by atomic mass is 35.5. The van der Waals surface area contributed by atoms with E-state index >= 15 is 0 Å². The Balaban J connectivity index is 1.06. The van der Waals surface area contributed by atoms with E-state index in [-0.39, 0.29) is 23.7 Å². The van der Waals surface area contributed by atoms with Crippen LogP contribution >= 0.6 is 11.6 Å². The number of benzene rings is 3. The minimum atomic E-state index is -3.40. The average Bonchev–Trinajstić information content (AvgIpc) is 3.58. The number of hydrogen-bond donors (Lipinski definition) is 1. The lowest BCUT2D eigenvalue weighted by atomic mass is 9.96. The van der Waals surface area contributed by atoms with Gasteiger partial charge in [-0.3, -0.25) is 9.88 Å². The van der Waals surface area contributed by atoms with E-state index in [0.717, 1.165) is 97.7 Å². The number of aromatic nitrogens is 1. The van der Waals surface area contributed by atoms with Gasteiger partial charge in [0.1, 0.15) is 37.4 Å². The Morgan fingerprint density at radius 3 is 2.55 bits per heavy atom. The maximum absolute atomic E-state index is 12.1. The fourth-order valence-corrected chi connectivity index (χ4v) is 8.14. The zero-order chi connectivity index (χ0) is 37.0. The number of pyridine rings is 1. The van der Waals surface area contributed by atoms with Gasteiger partial charge in [-0.2, -0.15) is 0 Å². The van der Waals surface area contributed by atoms with Crippen LogP contribution in [-0.2, 0) is 29.6 Å². The van der Waals surface area contributed by atoms with Gasteiger partial charge in [0, 0.05) is 68.4 Å². The number of hydrogen-bond acceptors (Lipinski definition) is 10. The number of piperidine rings is 1. The molecule has 2 atom stereocenters. The van der Waals surface area contributed by atoms with Crippen LogP contribution in [0.3, 0.4) is 0 Å². The van der Waals surface area contributed by atoms with E-state index in [1.165, 1.54) is 18.9 Å². The summed E-state index contributed by atoms with van der Waals surface area (Å²) in [5, 5.41) is 10.4. The lowest BCUT2D eigenvalue weighted by Gasteiger charge is -2.28. The molecule has 4 heterocycles. The second-order valence-corrected chi connectivity index (χ2v) is 16.9. The van der Waals surface area contributed by atoms with Gasteiger partial charge in [0.25, 0.3) is 0 Å². The first kappa shape index (κ1) is 37.4. The summed E-state index contributed by atoms with van der Waals surface area (Å²) in [5.41, 5.74) is 5.80. The van der Waals surface area contributed by atoms with E-state index in [0.29, 0.717) is 41.8 Å². The molecule has 282 valence electrons. The molecular weight excluding hydrogens is 714 g/mol. The van der Waals surface area contributed by atoms with Crippen molar-refractivity contribution < 1.29 is 32.5 Å². The molecule has 3 aromatic carbocycles. The molecule has 53 heavy (non-hydrogen) atoms. The minimum Gasteiger partial charge on any atom is -0.488 e. The van der Waals surface area contributed by atoms with Crippen LogP contribution in [0, 0.1) is 6.92 Å². The first-order valence-corrected chi connectivity index (χ1v) is 20.7. The summed E-state index contributed by atoms with van der Waals surface area (Å²) in [4.78, 5) is 8.96. The molecule has 7 rings (SSSR count). The smallest absolute Gasteiger partial charge is 0.177 e. The normalized spacial score (nSPS) is 19.3.